The Bertz CT molecular complexity index is 509. The van der Waals surface area contributed by atoms with Crippen LogP contribution in [-0.2, 0) is 11.2 Å². The lowest BCUT2D eigenvalue weighted by molar-refractivity contribution is 0.0524. The second-order valence-electron chi connectivity index (χ2n) is 6.22. The molecule has 1 aliphatic carbocycles. The van der Waals surface area contributed by atoms with E-state index in [4.69, 9.17) is 9.47 Å². The van der Waals surface area contributed by atoms with Crippen LogP contribution in [0.1, 0.15) is 51.3 Å². The zero-order valence-corrected chi connectivity index (χ0v) is 13.2. The number of alkyl carbamates (subject to hydrolysis) is 1. The molecule has 116 valence electrons. The van der Waals surface area contributed by atoms with E-state index >= 15 is 0 Å². The molecular formula is C16H24N2O3. The molecule has 5 heteroatoms. The Labute approximate surface area is 126 Å². The molecule has 0 radical (unpaired) electrons. The Hall–Kier alpha value is -1.78. The Balaban J connectivity index is 1.97. The fourth-order valence-corrected chi connectivity index (χ4v) is 2.56. The van der Waals surface area contributed by atoms with Crippen molar-refractivity contribution in [3.63, 3.8) is 0 Å². The quantitative estimate of drug-likeness (QED) is 0.926. The molecule has 1 amide bonds. The smallest absolute Gasteiger partial charge is 0.407 e. The number of ether oxygens (including phenoxy) is 2. The van der Waals surface area contributed by atoms with Gasteiger partial charge in [0.2, 0.25) is 0 Å². The second-order valence-corrected chi connectivity index (χ2v) is 6.22. The third-order valence-electron chi connectivity index (χ3n) is 3.37. The van der Waals surface area contributed by atoms with Gasteiger partial charge in [0, 0.05) is 24.2 Å². The topological polar surface area (TPSA) is 60.5 Å². The van der Waals surface area contributed by atoms with Gasteiger partial charge in [-0.1, -0.05) is 0 Å². The molecule has 1 aromatic heterocycles. The van der Waals surface area contributed by atoms with Gasteiger partial charge < -0.3 is 14.8 Å². The van der Waals surface area contributed by atoms with E-state index in [0.29, 0.717) is 13.2 Å². The van der Waals surface area contributed by atoms with Gasteiger partial charge in [0.15, 0.2) is 0 Å². The van der Waals surface area contributed by atoms with Crippen LogP contribution in [0.3, 0.4) is 0 Å². The van der Waals surface area contributed by atoms with Gasteiger partial charge in [0.05, 0.1) is 12.3 Å². The number of fused-ring (bicyclic) bond motifs is 1. The summed E-state index contributed by atoms with van der Waals surface area (Å²) in [6, 6.07) is 1.91. The molecule has 0 aromatic carbocycles. The minimum Gasteiger partial charge on any atom is -0.493 e. The Morgan fingerprint density at radius 2 is 2.24 bits per heavy atom. The number of amides is 1. The minimum absolute atomic E-state index is 0.230. The summed E-state index contributed by atoms with van der Waals surface area (Å²) in [6.07, 6.45) is 3.31. The summed E-state index contributed by atoms with van der Waals surface area (Å²) in [6.45, 7) is 8.74. The molecule has 0 saturated carbocycles. The first-order valence-corrected chi connectivity index (χ1v) is 7.48. The summed E-state index contributed by atoms with van der Waals surface area (Å²) in [5.41, 5.74) is 1.74. The molecule has 21 heavy (non-hydrogen) atoms. The molecule has 0 bridgehead atoms. The number of hydrogen-bond acceptors (Lipinski definition) is 4. The monoisotopic (exact) mass is 292 g/mol. The van der Waals surface area contributed by atoms with Crippen LogP contribution in [0.4, 0.5) is 4.79 Å². The summed E-state index contributed by atoms with van der Waals surface area (Å²) in [5.74, 6) is 1.15. The zero-order chi connectivity index (χ0) is 15.5. The van der Waals surface area contributed by atoms with Crippen LogP contribution in [0.15, 0.2) is 12.3 Å². The van der Waals surface area contributed by atoms with E-state index in [2.05, 4.69) is 10.3 Å². The molecule has 0 aliphatic heterocycles. The van der Waals surface area contributed by atoms with Crippen LogP contribution in [0.25, 0.3) is 0 Å². The van der Waals surface area contributed by atoms with E-state index in [1.54, 1.807) is 6.20 Å². The first kappa shape index (κ1) is 15.6. The summed E-state index contributed by atoms with van der Waals surface area (Å²) in [4.78, 5) is 16.2. The molecule has 5 nitrogen and oxygen atoms in total. The van der Waals surface area contributed by atoms with Crippen molar-refractivity contribution in [1.29, 1.82) is 0 Å². The first-order chi connectivity index (χ1) is 9.90. The molecule has 0 fully saturated rings. The van der Waals surface area contributed by atoms with Crippen molar-refractivity contribution in [2.24, 2.45) is 0 Å². The van der Waals surface area contributed by atoms with Gasteiger partial charge in [0.25, 0.3) is 0 Å². The SMILES string of the molecule is CCOc1ccnc2c1CC[C@@H]2CNC(=O)OC(C)(C)C. The lowest BCUT2D eigenvalue weighted by atomic mass is 10.1. The average Bonchev–Trinajstić information content (AvgIpc) is 2.79. The summed E-state index contributed by atoms with van der Waals surface area (Å²) in [7, 11) is 0. The van der Waals surface area contributed by atoms with Crippen LogP contribution in [0, 0.1) is 0 Å². The van der Waals surface area contributed by atoms with Gasteiger partial charge in [-0.3, -0.25) is 4.98 Å². The number of hydrogen-bond donors (Lipinski definition) is 1. The van der Waals surface area contributed by atoms with E-state index in [9.17, 15) is 4.79 Å². The van der Waals surface area contributed by atoms with Crippen molar-refractivity contribution in [3.05, 3.63) is 23.5 Å². The predicted molar refractivity (Wildman–Crippen MR) is 80.7 cm³/mol. The number of nitrogens with zero attached hydrogens (tertiary/aromatic N) is 1. The van der Waals surface area contributed by atoms with Gasteiger partial charge >= 0.3 is 6.09 Å². The number of carbonyl (C=O) groups is 1. The van der Waals surface area contributed by atoms with E-state index < -0.39 is 5.60 Å². The highest BCUT2D eigenvalue weighted by molar-refractivity contribution is 5.67. The Morgan fingerprint density at radius 1 is 1.48 bits per heavy atom. The number of nitrogens with one attached hydrogen (secondary N) is 1. The first-order valence-electron chi connectivity index (χ1n) is 7.48. The van der Waals surface area contributed by atoms with Crippen molar-refractivity contribution >= 4 is 6.09 Å². The standard InChI is InChI=1S/C16H24N2O3/c1-5-20-13-8-9-17-14-11(6-7-12(13)14)10-18-15(19)21-16(2,3)4/h8-9,11H,5-7,10H2,1-4H3,(H,18,19)/t11-/m1/s1. The van der Waals surface area contributed by atoms with E-state index in [-0.39, 0.29) is 12.0 Å². The fraction of sp³-hybridized carbons (Fsp3) is 0.625. The summed E-state index contributed by atoms with van der Waals surface area (Å²) < 4.78 is 10.9. The third-order valence-corrected chi connectivity index (χ3v) is 3.37. The third kappa shape index (κ3) is 4.09. The average molecular weight is 292 g/mol. The summed E-state index contributed by atoms with van der Waals surface area (Å²) >= 11 is 0. The predicted octanol–water partition coefficient (Wildman–Crippen LogP) is 3.03. The van der Waals surface area contributed by atoms with E-state index in [0.717, 1.165) is 24.3 Å². The molecule has 2 rings (SSSR count). The number of carbonyl (C=O) groups excluding carboxylic acids is 1. The van der Waals surface area contributed by atoms with Crippen molar-refractivity contribution in [2.75, 3.05) is 13.2 Å². The van der Waals surface area contributed by atoms with Gasteiger partial charge in [-0.25, -0.2) is 4.79 Å². The molecule has 1 N–H and O–H groups in total. The van der Waals surface area contributed by atoms with Gasteiger partial charge in [-0.15, -0.1) is 0 Å². The number of pyridine rings is 1. The number of aromatic nitrogens is 1. The minimum atomic E-state index is -0.474. The molecule has 1 aliphatic rings. The maximum atomic E-state index is 11.7. The Morgan fingerprint density at radius 3 is 2.90 bits per heavy atom. The van der Waals surface area contributed by atoms with Crippen LogP contribution >= 0.6 is 0 Å². The second kappa shape index (κ2) is 6.33. The maximum absolute atomic E-state index is 11.7. The van der Waals surface area contributed by atoms with Gasteiger partial charge in [0.1, 0.15) is 11.4 Å². The van der Waals surface area contributed by atoms with Crippen molar-refractivity contribution in [1.82, 2.24) is 10.3 Å². The van der Waals surface area contributed by atoms with Crippen LogP contribution < -0.4 is 10.1 Å². The highest BCUT2D eigenvalue weighted by Gasteiger charge is 2.27. The summed E-state index contributed by atoms with van der Waals surface area (Å²) in [5, 5.41) is 2.83. The zero-order valence-electron chi connectivity index (χ0n) is 13.2. The Kier molecular flexibility index (Phi) is 4.70. The van der Waals surface area contributed by atoms with E-state index in [1.165, 1.54) is 5.56 Å². The lowest BCUT2D eigenvalue weighted by Crippen LogP contribution is -2.34. The van der Waals surface area contributed by atoms with Crippen molar-refractivity contribution in [3.8, 4) is 5.75 Å². The molecular weight excluding hydrogens is 268 g/mol. The normalized spacial score (nSPS) is 17.2. The van der Waals surface area contributed by atoms with Gasteiger partial charge in [-0.05, 0) is 46.6 Å². The van der Waals surface area contributed by atoms with Crippen LogP contribution in [-0.4, -0.2) is 29.8 Å². The highest BCUT2D eigenvalue weighted by atomic mass is 16.6. The molecule has 0 spiro atoms. The molecule has 1 heterocycles. The lowest BCUT2D eigenvalue weighted by Gasteiger charge is -2.20. The van der Waals surface area contributed by atoms with Crippen LogP contribution in [0.5, 0.6) is 5.75 Å². The van der Waals surface area contributed by atoms with Crippen molar-refractivity contribution < 1.29 is 14.3 Å². The largest absolute Gasteiger partial charge is 0.493 e. The van der Waals surface area contributed by atoms with Gasteiger partial charge in [-0.2, -0.15) is 0 Å². The van der Waals surface area contributed by atoms with Crippen molar-refractivity contribution in [2.45, 2.75) is 52.1 Å². The highest BCUT2D eigenvalue weighted by Crippen LogP contribution is 2.36. The molecule has 0 unspecified atom stereocenters. The molecule has 0 saturated heterocycles. The van der Waals surface area contributed by atoms with Crippen LogP contribution in [0.2, 0.25) is 0 Å². The maximum Gasteiger partial charge on any atom is 0.407 e. The number of rotatable bonds is 4. The molecule has 1 aromatic rings. The van der Waals surface area contributed by atoms with E-state index in [1.807, 2.05) is 33.8 Å². The fourth-order valence-electron chi connectivity index (χ4n) is 2.56. The molecule has 1 atom stereocenters.